The molecule has 1 heterocycles. The molecule has 2 aromatic carbocycles. The lowest BCUT2D eigenvalue weighted by atomic mass is 9.91. The first-order valence-electron chi connectivity index (χ1n) is 13.9. The van der Waals surface area contributed by atoms with Gasteiger partial charge in [0.15, 0.2) is 5.78 Å². The maximum absolute atomic E-state index is 14.3. The van der Waals surface area contributed by atoms with Gasteiger partial charge >= 0.3 is 0 Å². The molecule has 0 saturated heterocycles. The van der Waals surface area contributed by atoms with Gasteiger partial charge in [0.05, 0.1) is 19.1 Å². The van der Waals surface area contributed by atoms with Crippen LogP contribution in [-0.4, -0.2) is 67.8 Å². The van der Waals surface area contributed by atoms with Gasteiger partial charge in [0.2, 0.25) is 15.9 Å². The van der Waals surface area contributed by atoms with Gasteiger partial charge in [-0.1, -0.05) is 42.5 Å². The Labute approximate surface area is 246 Å². The van der Waals surface area contributed by atoms with Crippen LogP contribution in [0.15, 0.2) is 54.6 Å². The molecule has 2 aliphatic carbocycles. The molecule has 10 heteroatoms. The quantitative estimate of drug-likeness (QED) is 0.266. The van der Waals surface area contributed by atoms with Crippen LogP contribution in [0, 0.1) is 6.92 Å². The number of hydrogen-bond acceptors (Lipinski definition) is 7. The van der Waals surface area contributed by atoms with Crippen molar-refractivity contribution in [1.82, 2.24) is 14.2 Å². The zero-order valence-electron chi connectivity index (χ0n) is 24.1. The van der Waals surface area contributed by atoms with Crippen molar-refractivity contribution in [3.63, 3.8) is 0 Å². The Morgan fingerprint density at radius 2 is 1.63 bits per heavy atom. The second-order valence-corrected chi connectivity index (χ2v) is 14.9. The maximum atomic E-state index is 14.3. The number of ketones is 1. The van der Waals surface area contributed by atoms with Crippen molar-refractivity contribution in [2.75, 3.05) is 33.5 Å². The van der Waals surface area contributed by atoms with Crippen molar-refractivity contribution < 1.29 is 22.7 Å². The number of benzene rings is 2. The van der Waals surface area contributed by atoms with E-state index in [1.54, 1.807) is 14.0 Å². The van der Waals surface area contributed by atoms with Crippen LogP contribution in [-0.2, 0) is 32.2 Å². The standard InChI is InChI=1S/C31H37N3O5S2/c1-22-28(26(35)21-41(37,38)33(2)3)32-27(40-22)20-34(19-18-30(14-15-30)23-8-6-5-7-9-23)29(36)31(16-17-31)24-10-12-25(39-4)13-11-24/h5-13H,14-21H2,1-4H3. The van der Waals surface area contributed by atoms with Crippen LogP contribution < -0.4 is 4.74 Å². The molecule has 2 fully saturated rings. The minimum absolute atomic E-state index is 0.0717. The van der Waals surface area contributed by atoms with Crippen LogP contribution in [0.4, 0.5) is 0 Å². The van der Waals surface area contributed by atoms with Gasteiger partial charge in [-0.25, -0.2) is 17.7 Å². The lowest BCUT2D eigenvalue weighted by Gasteiger charge is -2.29. The Bertz CT molecular complexity index is 1520. The molecule has 218 valence electrons. The summed E-state index contributed by atoms with van der Waals surface area (Å²) in [6.07, 6.45) is 4.59. The average Bonchev–Trinajstić information content (AvgIpc) is 3.89. The Morgan fingerprint density at radius 3 is 2.20 bits per heavy atom. The third kappa shape index (κ3) is 6.10. The fourth-order valence-electron chi connectivity index (χ4n) is 5.49. The van der Waals surface area contributed by atoms with Crippen molar-refractivity contribution in [2.24, 2.45) is 0 Å². The lowest BCUT2D eigenvalue weighted by Crippen LogP contribution is -2.40. The van der Waals surface area contributed by atoms with Crippen LogP contribution in [0.25, 0.3) is 0 Å². The van der Waals surface area contributed by atoms with Gasteiger partial charge < -0.3 is 9.64 Å². The molecule has 1 aromatic heterocycles. The average molecular weight is 596 g/mol. The molecule has 0 N–H and O–H groups in total. The second-order valence-electron chi connectivity index (χ2n) is 11.4. The van der Waals surface area contributed by atoms with E-state index in [0.29, 0.717) is 16.4 Å². The molecule has 0 spiro atoms. The van der Waals surface area contributed by atoms with E-state index in [-0.39, 0.29) is 23.6 Å². The summed E-state index contributed by atoms with van der Waals surface area (Å²) in [5.41, 5.74) is 1.97. The minimum atomic E-state index is -3.71. The third-order valence-electron chi connectivity index (χ3n) is 8.49. The molecule has 5 rings (SSSR count). The summed E-state index contributed by atoms with van der Waals surface area (Å²) < 4.78 is 31.0. The second kappa shape index (κ2) is 11.3. The van der Waals surface area contributed by atoms with Gasteiger partial charge in [-0.2, -0.15) is 0 Å². The Hall–Kier alpha value is -3.08. The summed E-state index contributed by atoms with van der Waals surface area (Å²) in [7, 11) is 0.733. The minimum Gasteiger partial charge on any atom is -0.497 e. The largest absolute Gasteiger partial charge is 0.497 e. The van der Waals surface area contributed by atoms with Crippen molar-refractivity contribution >= 4 is 33.1 Å². The van der Waals surface area contributed by atoms with E-state index in [1.807, 2.05) is 35.2 Å². The molecule has 0 atom stereocenters. The van der Waals surface area contributed by atoms with Gasteiger partial charge in [-0.3, -0.25) is 9.59 Å². The fraction of sp³-hybridized carbons (Fsp3) is 0.452. The molecule has 0 bridgehead atoms. The van der Waals surface area contributed by atoms with E-state index in [0.717, 1.165) is 47.7 Å². The van der Waals surface area contributed by atoms with E-state index < -0.39 is 27.0 Å². The van der Waals surface area contributed by atoms with Gasteiger partial charge in [-0.15, -0.1) is 11.3 Å². The summed E-state index contributed by atoms with van der Waals surface area (Å²) in [6.45, 7) is 2.63. The molecule has 41 heavy (non-hydrogen) atoms. The molecule has 3 aromatic rings. The number of carbonyl (C=O) groups excluding carboxylic acids is 2. The number of amides is 1. The van der Waals surface area contributed by atoms with Crippen LogP contribution in [0.3, 0.4) is 0 Å². The van der Waals surface area contributed by atoms with Crippen LogP contribution in [0.2, 0.25) is 0 Å². The number of Topliss-reactive ketones (excluding diaryl/α,β-unsaturated/α-hetero) is 1. The van der Waals surface area contributed by atoms with Crippen molar-refractivity contribution in [3.8, 4) is 5.75 Å². The molecule has 2 aliphatic rings. The lowest BCUT2D eigenvalue weighted by molar-refractivity contribution is -0.134. The Balaban J connectivity index is 1.40. The van der Waals surface area contributed by atoms with Crippen molar-refractivity contribution in [2.45, 2.75) is 56.4 Å². The highest BCUT2D eigenvalue weighted by Gasteiger charge is 2.53. The molecule has 0 radical (unpaired) electrons. The topological polar surface area (TPSA) is 96.9 Å². The highest BCUT2D eigenvalue weighted by Crippen LogP contribution is 2.53. The van der Waals surface area contributed by atoms with Gasteiger partial charge in [0.25, 0.3) is 0 Å². The summed E-state index contributed by atoms with van der Waals surface area (Å²) in [4.78, 5) is 34.3. The summed E-state index contributed by atoms with van der Waals surface area (Å²) >= 11 is 1.35. The van der Waals surface area contributed by atoms with Crippen molar-refractivity contribution in [1.29, 1.82) is 0 Å². The van der Waals surface area contributed by atoms with E-state index in [1.165, 1.54) is 31.0 Å². The number of aryl methyl sites for hydroxylation is 1. The Morgan fingerprint density at radius 1 is 0.976 bits per heavy atom. The van der Waals surface area contributed by atoms with Crippen LogP contribution >= 0.6 is 11.3 Å². The number of carbonyl (C=O) groups is 2. The fourth-order valence-corrected chi connectivity index (χ4v) is 7.19. The Kier molecular flexibility index (Phi) is 8.11. The predicted octanol–water partition coefficient (Wildman–Crippen LogP) is 4.72. The number of thiazole rings is 1. The molecule has 0 aliphatic heterocycles. The molecular weight excluding hydrogens is 558 g/mol. The smallest absolute Gasteiger partial charge is 0.233 e. The first-order chi connectivity index (χ1) is 19.5. The maximum Gasteiger partial charge on any atom is 0.233 e. The first kappa shape index (κ1) is 29.4. The number of rotatable bonds is 13. The predicted molar refractivity (Wildman–Crippen MR) is 160 cm³/mol. The van der Waals surface area contributed by atoms with Gasteiger partial charge in [0, 0.05) is 25.5 Å². The normalized spacial score (nSPS) is 16.8. The van der Waals surface area contributed by atoms with Gasteiger partial charge in [0.1, 0.15) is 22.2 Å². The van der Waals surface area contributed by atoms with Crippen molar-refractivity contribution in [3.05, 3.63) is 81.3 Å². The van der Waals surface area contributed by atoms with E-state index in [9.17, 15) is 18.0 Å². The number of nitrogens with zero attached hydrogens (tertiary/aromatic N) is 3. The molecule has 0 unspecified atom stereocenters. The van der Waals surface area contributed by atoms with E-state index >= 15 is 0 Å². The summed E-state index contributed by atoms with van der Waals surface area (Å²) in [6, 6.07) is 18.2. The summed E-state index contributed by atoms with van der Waals surface area (Å²) in [5, 5.41) is 0.636. The van der Waals surface area contributed by atoms with Crippen LogP contribution in [0.5, 0.6) is 5.75 Å². The first-order valence-corrected chi connectivity index (χ1v) is 16.3. The number of aromatic nitrogens is 1. The highest BCUT2D eigenvalue weighted by molar-refractivity contribution is 7.89. The number of sulfonamides is 1. The molecule has 1 amide bonds. The molecule has 8 nitrogen and oxygen atoms in total. The molecular formula is C31H37N3O5S2. The zero-order valence-corrected chi connectivity index (χ0v) is 25.7. The number of ether oxygens (including phenoxy) is 1. The van der Waals surface area contributed by atoms with E-state index in [2.05, 4.69) is 29.2 Å². The summed E-state index contributed by atoms with van der Waals surface area (Å²) in [5.74, 6) is -0.344. The zero-order chi connectivity index (χ0) is 29.4. The van der Waals surface area contributed by atoms with Gasteiger partial charge in [-0.05, 0) is 67.7 Å². The SMILES string of the molecule is COc1ccc(C2(C(=O)N(CCC3(c4ccccc4)CC3)Cc3nc(C(=O)CS(=O)(=O)N(C)C)c(C)s3)CC2)cc1. The van der Waals surface area contributed by atoms with Crippen LogP contribution in [0.1, 0.15) is 63.6 Å². The monoisotopic (exact) mass is 595 g/mol. The van der Waals surface area contributed by atoms with E-state index in [4.69, 9.17) is 4.74 Å². The highest BCUT2D eigenvalue weighted by atomic mass is 32.2. The molecule has 2 saturated carbocycles. The number of hydrogen-bond donors (Lipinski definition) is 0. The number of methoxy groups -OCH3 is 1. The third-order valence-corrected chi connectivity index (χ3v) is 11.2.